The second-order valence-corrected chi connectivity index (χ2v) is 8.85. The van der Waals surface area contributed by atoms with Gasteiger partial charge in [0.25, 0.3) is 0 Å². The topological polar surface area (TPSA) is 368 Å². The molecule has 222 valence electrons. The summed E-state index contributed by atoms with van der Waals surface area (Å²) in [7, 11) is 0. The fourth-order valence-corrected chi connectivity index (χ4v) is 4.32. The van der Waals surface area contributed by atoms with Crippen LogP contribution in [0.4, 0.5) is 57.4 Å². The first-order chi connectivity index (χ1) is 20.6. The van der Waals surface area contributed by atoms with Crippen molar-refractivity contribution < 1.29 is 29.5 Å². The number of aliphatic imine (C=N–C) groups is 2. The molecule has 0 unspecified atom stereocenters. The van der Waals surface area contributed by atoms with Crippen molar-refractivity contribution in [1.29, 1.82) is 0 Å². The van der Waals surface area contributed by atoms with Crippen LogP contribution in [0.15, 0.2) is 20.0 Å². The van der Waals surface area contributed by atoms with Gasteiger partial charge in [-0.2, -0.15) is 9.98 Å². The number of nitro groups is 6. The molecule has 1 saturated heterocycles. The molecule has 0 aliphatic carbocycles. The highest BCUT2D eigenvalue weighted by atomic mass is 32.1. The van der Waals surface area contributed by atoms with Crippen LogP contribution in [0.2, 0.25) is 0 Å². The Morgan fingerprint density at radius 3 is 0.977 bits per heavy atom. The summed E-state index contributed by atoms with van der Waals surface area (Å²) in [6.07, 6.45) is 0. The van der Waals surface area contributed by atoms with Crippen molar-refractivity contribution in [2.45, 2.75) is 0 Å². The number of aromatic nitrogens is 3. The monoisotopic (exact) mass is 648 g/mol. The van der Waals surface area contributed by atoms with E-state index in [0.717, 1.165) is 0 Å². The average Bonchev–Trinajstić information content (AvgIpc) is 3.63. The van der Waals surface area contributed by atoms with Crippen LogP contribution < -0.4 is 16.3 Å². The van der Waals surface area contributed by atoms with Crippen LogP contribution in [0, 0.1) is 60.7 Å². The molecule has 26 nitrogen and oxygen atoms in total. The van der Waals surface area contributed by atoms with Gasteiger partial charge in [0.05, 0.1) is 29.5 Å². The first-order valence-corrected chi connectivity index (χ1v) is 11.5. The van der Waals surface area contributed by atoms with Gasteiger partial charge in [-0.3, -0.25) is 60.7 Å². The van der Waals surface area contributed by atoms with Gasteiger partial charge in [0.2, 0.25) is 34.2 Å². The van der Waals surface area contributed by atoms with E-state index in [9.17, 15) is 60.7 Å². The Morgan fingerprint density at radius 2 is 0.705 bits per heavy atom. The second-order valence-electron chi connectivity index (χ2n) is 8.03. The van der Waals surface area contributed by atoms with Crippen LogP contribution in [0.25, 0.3) is 0 Å². The van der Waals surface area contributed by atoms with Gasteiger partial charge in [-0.15, -0.1) is 0 Å². The van der Waals surface area contributed by atoms with Gasteiger partial charge < -0.3 is 20.3 Å². The quantitative estimate of drug-likeness (QED) is 0.167. The Hall–Kier alpha value is -6.84. The molecule has 0 aromatic carbocycles. The van der Waals surface area contributed by atoms with Crippen molar-refractivity contribution in [1.82, 2.24) is 20.3 Å². The van der Waals surface area contributed by atoms with Gasteiger partial charge in [-0.05, 0) is 0 Å². The van der Waals surface area contributed by atoms with Gasteiger partial charge in [0, 0.05) is 0 Å². The standard InChI is InChI=1S/C16H4N14O12S2/c31-25(32)1-2(26(33)34)10-17-9(1)18-11-3(27(35)36)5(29(39)40)13(20-11)22-15-7(43)8(44)16(24-15)23-14-6(30(41)42)4(28(37)38)12(19-10)21-14/h20-21H,(H,17,18,19)(H,22,23,24). The van der Waals surface area contributed by atoms with E-state index in [1.807, 2.05) is 4.98 Å². The molecule has 28 heteroatoms. The lowest BCUT2D eigenvalue weighted by Crippen LogP contribution is -2.22. The zero-order chi connectivity index (χ0) is 32.4. The highest BCUT2D eigenvalue weighted by Crippen LogP contribution is 2.46. The molecule has 0 amide bonds. The van der Waals surface area contributed by atoms with E-state index >= 15 is 0 Å². The van der Waals surface area contributed by atoms with E-state index in [-0.39, 0.29) is 9.73 Å². The third-order valence-electron chi connectivity index (χ3n) is 5.59. The van der Waals surface area contributed by atoms with Crippen molar-refractivity contribution in [3.8, 4) is 0 Å². The molecule has 0 atom stereocenters. The number of thiocarbonyl (C=S) groups is 2. The average molecular weight is 648 g/mol. The van der Waals surface area contributed by atoms with Crippen LogP contribution >= 0.6 is 24.4 Å². The number of fused-ring (bicyclic) bond motifs is 8. The minimum atomic E-state index is -1.49. The Balaban J connectivity index is 2.05. The zero-order valence-corrected chi connectivity index (χ0v) is 21.8. The van der Waals surface area contributed by atoms with Crippen LogP contribution in [0.5, 0.6) is 0 Å². The van der Waals surface area contributed by atoms with Crippen molar-refractivity contribution in [2.24, 2.45) is 20.0 Å². The van der Waals surface area contributed by atoms with Crippen molar-refractivity contribution in [3.63, 3.8) is 0 Å². The number of nitrogens with zero attached hydrogens (tertiary/aromatic N) is 10. The van der Waals surface area contributed by atoms with E-state index < -0.39 is 110 Å². The van der Waals surface area contributed by atoms with Crippen molar-refractivity contribution in [2.75, 3.05) is 0 Å². The lowest BCUT2D eigenvalue weighted by atomic mass is 10.3. The Kier molecular flexibility index (Phi) is 6.46. The highest BCUT2D eigenvalue weighted by molar-refractivity contribution is 7.92. The summed E-state index contributed by atoms with van der Waals surface area (Å²) in [4.78, 5) is 83.8. The van der Waals surface area contributed by atoms with E-state index in [1.165, 1.54) is 0 Å². The Labute approximate surface area is 244 Å². The summed E-state index contributed by atoms with van der Waals surface area (Å²) in [6, 6.07) is 0. The van der Waals surface area contributed by atoms with Crippen molar-refractivity contribution >= 4 is 103 Å². The summed E-state index contributed by atoms with van der Waals surface area (Å²) in [5.74, 6) is -4.94. The third-order valence-corrected chi connectivity index (χ3v) is 6.52. The third kappa shape index (κ3) is 4.35. The Morgan fingerprint density at radius 1 is 0.432 bits per heavy atom. The highest BCUT2D eigenvalue weighted by Gasteiger charge is 2.42. The zero-order valence-electron chi connectivity index (χ0n) is 20.2. The lowest BCUT2D eigenvalue weighted by molar-refractivity contribution is -0.423. The molecule has 8 bridgehead atoms. The second kappa shape index (κ2) is 9.91. The summed E-state index contributed by atoms with van der Waals surface area (Å²) >= 11 is 10.3. The summed E-state index contributed by atoms with van der Waals surface area (Å²) in [6.45, 7) is 0. The minimum Gasteiger partial charge on any atom is -0.322 e. The smallest absolute Gasteiger partial charge is 0.322 e. The fraction of sp³-hybridized carbons (Fsp3) is 0. The van der Waals surface area contributed by atoms with Crippen LogP contribution in [-0.4, -0.2) is 65.9 Å². The van der Waals surface area contributed by atoms with E-state index in [0.29, 0.717) is 0 Å². The summed E-state index contributed by atoms with van der Waals surface area (Å²) in [5.41, 5.74) is -10.7. The minimum absolute atomic E-state index is 0.374. The number of amidine groups is 2. The van der Waals surface area contributed by atoms with Gasteiger partial charge in [-0.25, -0.2) is 9.98 Å². The van der Waals surface area contributed by atoms with Gasteiger partial charge in [-0.1, -0.05) is 24.4 Å². The van der Waals surface area contributed by atoms with Crippen LogP contribution in [-0.2, 0) is 0 Å². The molecule has 0 spiro atoms. The maximum absolute atomic E-state index is 11.9. The normalized spacial score (nSPS) is 13.6. The number of hydrogen-bond acceptors (Lipinski definition) is 19. The molecule has 0 saturated carbocycles. The molecule has 5 heterocycles. The number of nitrogens with one attached hydrogen (secondary N) is 4. The van der Waals surface area contributed by atoms with E-state index in [1.54, 1.807) is 0 Å². The molecule has 5 rings (SSSR count). The van der Waals surface area contributed by atoms with Gasteiger partial charge in [0.15, 0.2) is 11.7 Å². The molecule has 4 N–H and O–H groups in total. The molecular weight excluding hydrogens is 644 g/mol. The summed E-state index contributed by atoms with van der Waals surface area (Å²) < 4.78 is 0. The number of rotatable bonds is 6. The molecule has 3 aromatic rings. The first-order valence-electron chi connectivity index (χ1n) is 10.7. The van der Waals surface area contributed by atoms with Crippen molar-refractivity contribution in [3.05, 3.63) is 71.7 Å². The summed E-state index contributed by atoms with van der Waals surface area (Å²) in [5, 5.41) is 73.6. The van der Waals surface area contributed by atoms with E-state index in [4.69, 9.17) is 24.4 Å². The number of H-pyrrole nitrogens is 3. The molecule has 1 fully saturated rings. The maximum atomic E-state index is 11.9. The predicted octanol–water partition coefficient (Wildman–Crippen LogP) is 1.44. The first kappa shape index (κ1) is 28.7. The number of hydrogen-bond donors (Lipinski definition) is 4. The molecule has 3 aromatic heterocycles. The van der Waals surface area contributed by atoms with E-state index in [2.05, 4.69) is 35.3 Å². The van der Waals surface area contributed by atoms with Gasteiger partial charge in [0.1, 0.15) is 9.73 Å². The van der Waals surface area contributed by atoms with Crippen LogP contribution in [0.1, 0.15) is 0 Å². The molecule has 2 aliphatic rings. The lowest BCUT2D eigenvalue weighted by Gasteiger charge is -1.97. The SMILES string of the molecule is O=[N+]([O-])c1c2[nH]c(c1[N+](=O)[O-])N=c1[nH]c(c([N+](=O)[O-])c1[N+](=O)[O-])=Nc1[nH]c(c([N+](=O)[O-])c1[N+](=O)[O-])N=C1NC(=N2)C(=S)C1=S. The molecule has 0 radical (unpaired) electrons. The van der Waals surface area contributed by atoms with Gasteiger partial charge >= 0.3 is 34.1 Å². The molecule has 44 heavy (non-hydrogen) atoms. The number of aromatic amines is 3. The largest absolute Gasteiger partial charge is 0.392 e. The Bertz CT molecular complexity index is 2020. The maximum Gasteiger partial charge on any atom is 0.392 e. The molecular formula is C16H4N14O12S2. The fourth-order valence-electron chi connectivity index (χ4n) is 3.93. The molecule has 2 aliphatic heterocycles. The van der Waals surface area contributed by atoms with Crippen LogP contribution in [0.3, 0.4) is 0 Å². The predicted molar refractivity (Wildman–Crippen MR) is 146 cm³/mol.